The second-order valence-electron chi connectivity index (χ2n) is 6.84. The number of thioether (sulfide) groups is 1. The van der Waals surface area contributed by atoms with Crippen molar-refractivity contribution in [3.63, 3.8) is 0 Å². The van der Waals surface area contributed by atoms with Crippen LogP contribution in [0.15, 0.2) is 47.4 Å². The average Bonchev–Trinajstić information content (AvgIpc) is 3.01. The summed E-state index contributed by atoms with van der Waals surface area (Å²) in [6.45, 7) is 2.05. The maximum Gasteiger partial charge on any atom is 0.418 e. The van der Waals surface area contributed by atoms with Gasteiger partial charge in [0.1, 0.15) is 4.32 Å². The van der Waals surface area contributed by atoms with Crippen LogP contribution in [0, 0.1) is 0 Å². The first kappa shape index (κ1) is 24.6. The number of alkyl halides is 3. The minimum Gasteiger partial charge on any atom is -0.504 e. The Kier molecular flexibility index (Phi) is 7.65. The molecule has 1 heterocycles. The van der Waals surface area contributed by atoms with Crippen LogP contribution in [0.25, 0.3) is 6.08 Å². The van der Waals surface area contributed by atoms with Crippen LogP contribution < -0.4 is 10.1 Å². The largest absolute Gasteiger partial charge is 0.504 e. The molecule has 1 fully saturated rings. The maximum absolute atomic E-state index is 13.1. The molecule has 0 bridgehead atoms. The number of phenolic OH excluding ortho intramolecular Hbond substituents is 1. The highest BCUT2D eigenvalue weighted by atomic mass is 32.2. The zero-order chi connectivity index (χ0) is 24.2. The van der Waals surface area contributed by atoms with E-state index in [9.17, 15) is 27.9 Å². The Hall–Kier alpha value is -3.05. The van der Waals surface area contributed by atoms with Gasteiger partial charge in [-0.25, -0.2) is 0 Å². The SMILES string of the molecule is CCOc1cc(/C=C2\SC(=S)N(CCC(=O)Nc3ccccc3C(F)(F)F)C2=O)ccc1O. The Labute approximate surface area is 197 Å². The molecule has 2 aromatic carbocycles. The monoisotopic (exact) mass is 496 g/mol. The van der Waals surface area contributed by atoms with Crippen molar-refractivity contribution in [2.24, 2.45) is 0 Å². The number of ether oxygens (including phenoxy) is 1. The summed E-state index contributed by atoms with van der Waals surface area (Å²) in [6.07, 6.45) is -3.26. The van der Waals surface area contributed by atoms with Crippen LogP contribution in [0.1, 0.15) is 24.5 Å². The highest BCUT2D eigenvalue weighted by Crippen LogP contribution is 2.36. The molecule has 1 aliphatic rings. The van der Waals surface area contributed by atoms with E-state index in [2.05, 4.69) is 5.32 Å². The molecule has 0 radical (unpaired) electrons. The van der Waals surface area contributed by atoms with Crippen LogP contribution in [-0.2, 0) is 15.8 Å². The third-order valence-electron chi connectivity index (χ3n) is 4.52. The first-order chi connectivity index (χ1) is 15.6. The van der Waals surface area contributed by atoms with Gasteiger partial charge in [-0.2, -0.15) is 13.2 Å². The zero-order valence-corrected chi connectivity index (χ0v) is 18.9. The number of nitrogens with one attached hydrogen (secondary N) is 1. The van der Waals surface area contributed by atoms with Crippen molar-refractivity contribution in [3.8, 4) is 11.5 Å². The number of carbonyl (C=O) groups is 2. The molecular formula is C22H19F3N2O4S2. The molecule has 0 aromatic heterocycles. The number of hydrogen-bond acceptors (Lipinski definition) is 6. The molecule has 2 aromatic rings. The van der Waals surface area contributed by atoms with Crippen LogP contribution in [0.2, 0.25) is 0 Å². The number of benzene rings is 2. The van der Waals surface area contributed by atoms with Gasteiger partial charge < -0.3 is 15.2 Å². The number of thiocarbonyl (C=S) groups is 1. The van der Waals surface area contributed by atoms with Crippen LogP contribution >= 0.6 is 24.0 Å². The van der Waals surface area contributed by atoms with E-state index in [0.717, 1.165) is 23.9 Å². The first-order valence-corrected chi connectivity index (χ1v) is 11.0. The van der Waals surface area contributed by atoms with E-state index >= 15 is 0 Å². The van der Waals surface area contributed by atoms with Gasteiger partial charge in [0.25, 0.3) is 5.91 Å². The Bertz CT molecular complexity index is 1120. The highest BCUT2D eigenvalue weighted by Gasteiger charge is 2.34. The van der Waals surface area contributed by atoms with Crippen molar-refractivity contribution in [1.29, 1.82) is 0 Å². The summed E-state index contributed by atoms with van der Waals surface area (Å²) in [7, 11) is 0. The fourth-order valence-electron chi connectivity index (χ4n) is 3.00. The predicted molar refractivity (Wildman–Crippen MR) is 124 cm³/mol. The standard InChI is InChI=1S/C22H19F3N2O4S2/c1-2-31-17-11-13(7-8-16(17)28)12-18-20(30)27(21(32)33-18)10-9-19(29)26-15-6-4-3-5-14(15)22(23,24)25/h3-8,11-12,28H,2,9-10H2,1H3,(H,26,29)/b18-12-. The van der Waals surface area contributed by atoms with Gasteiger partial charge in [-0.1, -0.05) is 42.2 Å². The number of amides is 2. The normalized spacial score (nSPS) is 15.3. The van der Waals surface area contributed by atoms with Gasteiger partial charge in [0.15, 0.2) is 11.5 Å². The Balaban J connectivity index is 1.66. The second-order valence-corrected chi connectivity index (χ2v) is 8.51. The van der Waals surface area contributed by atoms with Gasteiger partial charge in [-0.05, 0) is 42.8 Å². The quantitative estimate of drug-likeness (QED) is 0.413. The molecule has 2 amide bonds. The summed E-state index contributed by atoms with van der Waals surface area (Å²) >= 11 is 6.28. The molecule has 33 heavy (non-hydrogen) atoms. The van der Waals surface area contributed by atoms with Crippen LogP contribution in [0.3, 0.4) is 0 Å². The third kappa shape index (κ3) is 6.05. The molecule has 0 spiro atoms. The summed E-state index contributed by atoms with van der Waals surface area (Å²) in [5.74, 6) is -0.846. The lowest BCUT2D eigenvalue weighted by Crippen LogP contribution is -2.31. The van der Waals surface area contributed by atoms with E-state index in [1.54, 1.807) is 25.1 Å². The van der Waals surface area contributed by atoms with Gasteiger partial charge in [0.05, 0.1) is 22.8 Å². The fraction of sp³-hybridized carbons (Fsp3) is 0.227. The van der Waals surface area contributed by atoms with E-state index in [-0.39, 0.29) is 34.5 Å². The van der Waals surface area contributed by atoms with Gasteiger partial charge in [-0.3, -0.25) is 14.5 Å². The molecule has 2 N–H and O–H groups in total. The fourth-order valence-corrected chi connectivity index (χ4v) is 4.31. The minimum absolute atomic E-state index is 0.0281. The highest BCUT2D eigenvalue weighted by molar-refractivity contribution is 8.26. The van der Waals surface area contributed by atoms with E-state index in [1.165, 1.54) is 23.1 Å². The number of carbonyl (C=O) groups excluding carboxylic acids is 2. The number of phenols is 1. The molecule has 0 saturated carbocycles. The van der Waals surface area contributed by atoms with Gasteiger partial charge in [0.2, 0.25) is 5.91 Å². The first-order valence-electron chi connectivity index (χ1n) is 9.77. The molecule has 11 heteroatoms. The lowest BCUT2D eigenvalue weighted by Gasteiger charge is -2.16. The number of rotatable bonds is 7. The Morgan fingerprint density at radius 3 is 2.70 bits per heavy atom. The van der Waals surface area contributed by atoms with Crippen LogP contribution in [0.4, 0.5) is 18.9 Å². The molecule has 6 nitrogen and oxygen atoms in total. The molecular weight excluding hydrogens is 477 g/mol. The third-order valence-corrected chi connectivity index (χ3v) is 5.90. The summed E-state index contributed by atoms with van der Waals surface area (Å²) in [6, 6.07) is 9.29. The van der Waals surface area contributed by atoms with Crippen molar-refractivity contribution in [1.82, 2.24) is 4.90 Å². The molecule has 0 atom stereocenters. The molecule has 0 unspecified atom stereocenters. The molecule has 174 valence electrons. The number of anilines is 1. The number of halogens is 3. The Morgan fingerprint density at radius 2 is 2.00 bits per heavy atom. The van der Waals surface area contributed by atoms with E-state index in [0.29, 0.717) is 17.1 Å². The zero-order valence-electron chi connectivity index (χ0n) is 17.3. The van der Waals surface area contributed by atoms with Crippen molar-refractivity contribution >= 4 is 51.9 Å². The molecule has 0 aliphatic carbocycles. The van der Waals surface area contributed by atoms with Crippen molar-refractivity contribution in [2.45, 2.75) is 19.5 Å². The summed E-state index contributed by atoms with van der Waals surface area (Å²) in [4.78, 5) is 26.5. The summed E-state index contributed by atoms with van der Waals surface area (Å²) in [5, 5.41) is 12.1. The topological polar surface area (TPSA) is 78.9 Å². The van der Waals surface area contributed by atoms with E-state index in [4.69, 9.17) is 17.0 Å². The molecule has 1 aliphatic heterocycles. The lowest BCUT2D eigenvalue weighted by atomic mass is 10.1. The smallest absolute Gasteiger partial charge is 0.418 e. The number of nitrogens with zero attached hydrogens (tertiary/aromatic N) is 1. The predicted octanol–water partition coefficient (Wildman–Crippen LogP) is 5.04. The van der Waals surface area contributed by atoms with Crippen LogP contribution in [-0.4, -0.2) is 39.3 Å². The summed E-state index contributed by atoms with van der Waals surface area (Å²) < 4.78 is 44.8. The Morgan fingerprint density at radius 1 is 1.27 bits per heavy atom. The van der Waals surface area contributed by atoms with Gasteiger partial charge in [-0.15, -0.1) is 0 Å². The summed E-state index contributed by atoms with van der Waals surface area (Å²) in [5.41, 5.74) is -0.691. The van der Waals surface area contributed by atoms with Crippen molar-refractivity contribution in [2.75, 3.05) is 18.5 Å². The molecule has 1 saturated heterocycles. The number of hydrogen-bond donors (Lipinski definition) is 2. The maximum atomic E-state index is 13.1. The van der Waals surface area contributed by atoms with E-state index in [1.807, 2.05) is 0 Å². The lowest BCUT2D eigenvalue weighted by molar-refractivity contribution is -0.137. The van der Waals surface area contributed by atoms with Crippen molar-refractivity contribution in [3.05, 3.63) is 58.5 Å². The number of aromatic hydroxyl groups is 1. The molecule has 3 rings (SSSR count). The van der Waals surface area contributed by atoms with E-state index < -0.39 is 23.6 Å². The van der Waals surface area contributed by atoms with Crippen molar-refractivity contribution < 1.29 is 32.6 Å². The average molecular weight is 497 g/mol. The minimum atomic E-state index is -4.61. The number of para-hydroxylation sites is 1. The van der Waals surface area contributed by atoms with Gasteiger partial charge >= 0.3 is 6.18 Å². The van der Waals surface area contributed by atoms with Gasteiger partial charge in [0, 0.05) is 13.0 Å². The van der Waals surface area contributed by atoms with Crippen LogP contribution in [0.5, 0.6) is 11.5 Å². The second kappa shape index (κ2) is 10.3.